The summed E-state index contributed by atoms with van der Waals surface area (Å²) in [6, 6.07) is 0. The Morgan fingerprint density at radius 1 is 0.875 bits per heavy atom. The van der Waals surface area contributed by atoms with Gasteiger partial charge in [-0.3, -0.25) is 0 Å². The highest BCUT2D eigenvalue weighted by molar-refractivity contribution is 7.99. The van der Waals surface area contributed by atoms with Crippen LogP contribution in [0.25, 0.3) is 0 Å². The molecule has 0 rings (SSSR count). The summed E-state index contributed by atoms with van der Waals surface area (Å²) in [4.78, 5) is 0. The molecule has 4 heteroatoms. The van der Waals surface area contributed by atoms with E-state index in [0.29, 0.717) is 13.2 Å². The fourth-order valence-electron chi connectivity index (χ4n) is 0.826. The van der Waals surface area contributed by atoms with Gasteiger partial charge >= 0.3 is 0 Å². The van der Waals surface area contributed by atoms with Crippen molar-refractivity contribution in [2.24, 2.45) is 0 Å². The van der Waals surface area contributed by atoms with E-state index in [0.717, 1.165) is 0 Å². The highest BCUT2D eigenvalue weighted by Gasteiger charge is 1.85. The monoisotopic (exact) mass is 252 g/mol. The predicted molar refractivity (Wildman–Crippen MR) is 72.1 cm³/mol. The Labute approximate surface area is 105 Å². The predicted octanol–water partition coefficient (Wildman–Crippen LogP) is 2.31. The molecule has 0 spiro atoms. The van der Waals surface area contributed by atoms with Crippen LogP contribution in [0.1, 0.15) is 39.5 Å². The van der Waals surface area contributed by atoms with Gasteiger partial charge in [-0.15, -0.1) is 0 Å². The van der Waals surface area contributed by atoms with Crippen LogP contribution in [0, 0.1) is 0 Å². The highest BCUT2D eigenvalue weighted by atomic mass is 32.2. The van der Waals surface area contributed by atoms with Crippen molar-refractivity contribution in [3.63, 3.8) is 0 Å². The molecule has 0 fully saturated rings. The zero-order valence-corrected chi connectivity index (χ0v) is 11.6. The summed E-state index contributed by atoms with van der Waals surface area (Å²) in [5, 5.41) is 16.2. The minimum atomic E-state index is 0.0278. The van der Waals surface area contributed by atoms with Crippen molar-refractivity contribution in [2.45, 2.75) is 39.5 Å². The van der Waals surface area contributed by atoms with Crippen molar-refractivity contribution in [3.8, 4) is 0 Å². The molecule has 0 aromatic rings. The molecule has 0 aliphatic carbocycles. The van der Waals surface area contributed by atoms with Gasteiger partial charge in [0.05, 0.1) is 26.4 Å². The van der Waals surface area contributed by atoms with E-state index in [2.05, 4.69) is 30.3 Å². The quantitative estimate of drug-likeness (QED) is 0.586. The summed E-state index contributed by atoms with van der Waals surface area (Å²) in [6.07, 6.45) is 5.49. The molecule has 0 aromatic carbocycles. The Kier molecular flexibility index (Phi) is 24.0. The van der Waals surface area contributed by atoms with E-state index in [1.54, 1.807) is 0 Å². The number of aliphatic hydroxyl groups excluding tert-OH is 2. The molecule has 0 amide bonds. The zero-order chi connectivity index (χ0) is 12.5. The lowest BCUT2D eigenvalue weighted by Gasteiger charge is -1.96. The first-order valence-corrected chi connectivity index (χ1v) is 7.36. The molecular weight excluding hydrogens is 224 g/mol. The summed E-state index contributed by atoms with van der Waals surface area (Å²) < 4.78 is 4.63. The first-order chi connectivity index (χ1) is 7.83. The van der Waals surface area contributed by atoms with Gasteiger partial charge in [-0.05, 0) is 24.3 Å². The molecule has 0 bridgehead atoms. The fraction of sp³-hybridized carbons (Fsp3) is 1.00. The van der Waals surface area contributed by atoms with E-state index in [9.17, 15) is 0 Å². The SMILES string of the molecule is CCCCSCCCC.OCCOCCO. The fourth-order valence-corrected chi connectivity index (χ4v) is 2.02. The molecular formula is C12H28O3S. The first-order valence-electron chi connectivity index (χ1n) is 6.20. The number of aliphatic hydroxyl groups is 2. The standard InChI is InChI=1S/C8H18S.C4H10O3/c1-3-5-7-9-8-6-4-2;5-1-3-7-4-2-6/h3-8H2,1-2H3;5-6H,1-4H2. The maximum atomic E-state index is 8.09. The van der Waals surface area contributed by atoms with Gasteiger partial charge in [-0.2, -0.15) is 11.8 Å². The van der Waals surface area contributed by atoms with Gasteiger partial charge in [-0.25, -0.2) is 0 Å². The van der Waals surface area contributed by atoms with E-state index < -0.39 is 0 Å². The summed E-state index contributed by atoms with van der Waals surface area (Å²) in [7, 11) is 0. The molecule has 0 radical (unpaired) electrons. The number of thioether (sulfide) groups is 1. The Hall–Kier alpha value is 0.230. The van der Waals surface area contributed by atoms with Gasteiger partial charge in [0.15, 0.2) is 0 Å². The smallest absolute Gasteiger partial charge is 0.0698 e. The third-order valence-electron chi connectivity index (χ3n) is 1.76. The molecule has 16 heavy (non-hydrogen) atoms. The maximum Gasteiger partial charge on any atom is 0.0698 e. The van der Waals surface area contributed by atoms with Crippen LogP contribution in [-0.2, 0) is 4.74 Å². The third kappa shape index (κ3) is 23.8. The topological polar surface area (TPSA) is 49.7 Å². The zero-order valence-electron chi connectivity index (χ0n) is 10.8. The lowest BCUT2D eigenvalue weighted by molar-refractivity contribution is 0.0650. The third-order valence-corrected chi connectivity index (χ3v) is 2.91. The van der Waals surface area contributed by atoms with Crippen molar-refractivity contribution in [1.82, 2.24) is 0 Å². The normalized spacial score (nSPS) is 9.75. The van der Waals surface area contributed by atoms with Gasteiger partial charge in [0.25, 0.3) is 0 Å². The van der Waals surface area contributed by atoms with Gasteiger partial charge in [0, 0.05) is 0 Å². The van der Waals surface area contributed by atoms with Crippen molar-refractivity contribution in [3.05, 3.63) is 0 Å². The Morgan fingerprint density at radius 2 is 1.31 bits per heavy atom. The second kappa shape index (κ2) is 20.6. The van der Waals surface area contributed by atoms with E-state index in [-0.39, 0.29) is 13.2 Å². The molecule has 100 valence electrons. The van der Waals surface area contributed by atoms with Crippen molar-refractivity contribution >= 4 is 11.8 Å². The van der Waals surface area contributed by atoms with E-state index in [1.165, 1.54) is 37.2 Å². The number of rotatable bonds is 10. The minimum absolute atomic E-state index is 0.0278. The highest BCUT2D eigenvalue weighted by Crippen LogP contribution is 2.06. The molecule has 0 heterocycles. The van der Waals surface area contributed by atoms with E-state index in [4.69, 9.17) is 10.2 Å². The van der Waals surface area contributed by atoms with Crippen LogP contribution in [-0.4, -0.2) is 48.1 Å². The number of ether oxygens (including phenoxy) is 1. The van der Waals surface area contributed by atoms with Crippen LogP contribution < -0.4 is 0 Å². The summed E-state index contributed by atoms with van der Waals surface area (Å²) in [6.45, 7) is 5.20. The Bertz CT molecular complexity index is 92.3. The Morgan fingerprint density at radius 3 is 1.62 bits per heavy atom. The van der Waals surface area contributed by atoms with Crippen molar-refractivity contribution in [2.75, 3.05) is 37.9 Å². The molecule has 0 atom stereocenters. The molecule has 0 saturated heterocycles. The molecule has 0 unspecified atom stereocenters. The summed E-state index contributed by atoms with van der Waals surface area (Å²) in [5.74, 6) is 2.74. The van der Waals surface area contributed by atoms with Gasteiger partial charge in [0.1, 0.15) is 0 Å². The number of unbranched alkanes of at least 4 members (excludes halogenated alkanes) is 2. The van der Waals surface area contributed by atoms with Gasteiger partial charge in [0.2, 0.25) is 0 Å². The van der Waals surface area contributed by atoms with Crippen LogP contribution >= 0.6 is 11.8 Å². The average molecular weight is 252 g/mol. The molecule has 0 aliphatic rings. The lowest BCUT2D eigenvalue weighted by atomic mass is 10.4. The molecule has 0 saturated carbocycles. The number of hydrogen-bond acceptors (Lipinski definition) is 4. The number of hydrogen-bond donors (Lipinski definition) is 2. The van der Waals surface area contributed by atoms with Crippen LogP contribution in [0.5, 0.6) is 0 Å². The summed E-state index contributed by atoms with van der Waals surface area (Å²) >= 11 is 2.10. The molecule has 2 N–H and O–H groups in total. The minimum Gasteiger partial charge on any atom is -0.394 e. The van der Waals surface area contributed by atoms with E-state index in [1.807, 2.05) is 0 Å². The van der Waals surface area contributed by atoms with E-state index >= 15 is 0 Å². The Balaban J connectivity index is 0. The molecule has 0 aliphatic heterocycles. The largest absolute Gasteiger partial charge is 0.394 e. The van der Waals surface area contributed by atoms with Crippen LogP contribution in [0.3, 0.4) is 0 Å². The van der Waals surface area contributed by atoms with Gasteiger partial charge in [-0.1, -0.05) is 26.7 Å². The second-order valence-electron chi connectivity index (χ2n) is 3.38. The van der Waals surface area contributed by atoms with Gasteiger partial charge < -0.3 is 14.9 Å². The summed E-state index contributed by atoms with van der Waals surface area (Å²) in [5.41, 5.74) is 0. The van der Waals surface area contributed by atoms with Crippen molar-refractivity contribution < 1.29 is 14.9 Å². The van der Waals surface area contributed by atoms with Crippen molar-refractivity contribution in [1.29, 1.82) is 0 Å². The molecule has 3 nitrogen and oxygen atoms in total. The first kappa shape index (κ1) is 18.6. The second-order valence-corrected chi connectivity index (χ2v) is 4.60. The van der Waals surface area contributed by atoms with Crippen LogP contribution in [0.4, 0.5) is 0 Å². The maximum absolute atomic E-state index is 8.09. The molecule has 0 aromatic heterocycles. The van der Waals surface area contributed by atoms with Crippen LogP contribution in [0.2, 0.25) is 0 Å². The van der Waals surface area contributed by atoms with Crippen LogP contribution in [0.15, 0.2) is 0 Å². The lowest BCUT2D eigenvalue weighted by Crippen LogP contribution is -2.03. The average Bonchev–Trinajstić information content (AvgIpc) is 2.31.